The number of carbonyl (C=O) groups excluding carboxylic acids is 1. The van der Waals surface area contributed by atoms with Gasteiger partial charge in [-0.05, 0) is 29.8 Å². The highest BCUT2D eigenvalue weighted by atomic mass is 19.1. The van der Waals surface area contributed by atoms with Gasteiger partial charge in [-0.15, -0.1) is 0 Å². The highest BCUT2D eigenvalue weighted by Crippen LogP contribution is 2.28. The van der Waals surface area contributed by atoms with Gasteiger partial charge in [0.05, 0.1) is 19.3 Å². The number of aliphatic carboxylic acids is 1. The Hall–Kier alpha value is -3.00. The van der Waals surface area contributed by atoms with Crippen molar-refractivity contribution < 1.29 is 33.0 Å². The molecule has 0 unspecified atom stereocenters. The fourth-order valence-electron chi connectivity index (χ4n) is 2.50. The zero-order chi connectivity index (χ0) is 20.0. The lowest BCUT2D eigenvalue weighted by Gasteiger charge is -2.20. The molecule has 8 heteroatoms. The van der Waals surface area contributed by atoms with Gasteiger partial charge in [-0.25, -0.2) is 8.78 Å². The van der Waals surface area contributed by atoms with Crippen molar-refractivity contribution in [3.05, 3.63) is 53.6 Å². The van der Waals surface area contributed by atoms with Gasteiger partial charge >= 0.3 is 5.97 Å². The molecule has 0 radical (unpaired) electrons. The highest BCUT2D eigenvalue weighted by molar-refractivity contribution is 5.96. The van der Waals surface area contributed by atoms with Crippen LogP contribution in [0.25, 0.3) is 11.1 Å². The summed E-state index contributed by atoms with van der Waals surface area (Å²) < 4.78 is 38.5. The molecule has 6 nitrogen and oxygen atoms in total. The van der Waals surface area contributed by atoms with Crippen molar-refractivity contribution in [1.29, 1.82) is 0 Å². The molecule has 0 fully saturated rings. The first-order valence-electron chi connectivity index (χ1n) is 8.00. The summed E-state index contributed by atoms with van der Waals surface area (Å²) in [6, 6.07) is 7.79. The number of carboxylic acids is 1. The smallest absolute Gasteiger partial charge is 0.323 e. The van der Waals surface area contributed by atoms with Gasteiger partial charge < -0.3 is 19.5 Å². The molecule has 0 aromatic heterocycles. The first kappa shape index (κ1) is 20.3. The summed E-state index contributed by atoms with van der Waals surface area (Å²) in [5.41, 5.74) is 0.0892. The number of rotatable bonds is 8. The van der Waals surface area contributed by atoms with Gasteiger partial charge in [0.1, 0.15) is 23.9 Å². The van der Waals surface area contributed by atoms with Gasteiger partial charge in [0, 0.05) is 25.3 Å². The van der Waals surface area contributed by atoms with E-state index in [0.717, 1.165) is 11.0 Å². The first-order chi connectivity index (χ1) is 12.9. The Bertz CT molecular complexity index is 841. The summed E-state index contributed by atoms with van der Waals surface area (Å²) in [7, 11) is 2.81. The summed E-state index contributed by atoms with van der Waals surface area (Å²) in [6.45, 7) is -0.484. The van der Waals surface area contributed by atoms with Crippen LogP contribution in [0.2, 0.25) is 0 Å². The lowest BCUT2D eigenvalue weighted by atomic mass is 10.0. The minimum Gasteiger partial charge on any atom is -0.497 e. The van der Waals surface area contributed by atoms with E-state index >= 15 is 0 Å². The molecule has 2 aromatic rings. The molecule has 2 aromatic carbocycles. The lowest BCUT2D eigenvalue weighted by Crippen LogP contribution is -2.38. The third kappa shape index (κ3) is 5.01. The third-order valence-corrected chi connectivity index (χ3v) is 3.87. The van der Waals surface area contributed by atoms with Gasteiger partial charge in [0.15, 0.2) is 0 Å². The molecule has 0 aliphatic rings. The molecule has 0 heterocycles. The van der Waals surface area contributed by atoms with Crippen molar-refractivity contribution >= 4 is 11.9 Å². The van der Waals surface area contributed by atoms with E-state index < -0.39 is 30.1 Å². The third-order valence-electron chi connectivity index (χ3n) is 3.87. The standard InChI is InChI=1S/C19H19F2NO5/c1-26-8-7-22(11-18(23)24)19(25)15-5-3-12(9-16(15)20)14-6-4-13(27-2)10-17(14)21/h3-6,9-10H,7-8,11H2,1-2H3,(H,23,24). The quantitative estimate of drug-likeness (QED) is 0.763. The minimum absolute atomic E-state index is 0.00403. The number of hydrogen-bond donors (Lipinski definition) is 1. The second-order valence-electron chi connectivity index (χ2n) is 5.65. The average molecular weight is 379 g/mol. The number of methoxy groups -OCH3 is 2. The van der Waals surface area contributed by atoms with Crippen molar-refractivity contribution in [2.45, 2.75) is 0 Å². The Balaban J connectivity index is 2.32. The van der Waals surface area contributed by atoms with E-state index in [1.165, 1.54) is 44.6 Å². The van der Waals surface area contributed by atoms with Crippen LogP contribution < -0.4 is 4.74 Å². The van der Waals surface area contributed by atoms with Crippen LogP contribution in [-0.4, -0.2) is 55.8 Å². The highest BCUT2D eigenvalue weighted by Gasteiger charge is 2.22. The molecule has 1 amide bonds. The zero-order valence-corrected chi connectivity index (χ0v) is 14.9. The topological polar surface area (TPSA) is 76.1 Å². The number of halogens is 2. The van der Waals surface area contributed by atoms with Gasteiger partial charge in [0.25, 0.3) is 5.91 Å². The van der Waals surface area contributed by atoms with E-state index in [1.807, 2.05) is 0 Å². The average Bonchev–Trinajstić information content (AvgIpc) is 2.64. The number of hydrogen-bond acceptors (Lipinski definition) is 4. The minimum atomic E-state index is -1.23. The molecule has 0 saturated heterocycles. The van der Waals surface area contributed by atoms with Gasteiger partial charge in [-0.3, -0.25) is 9.59 Å². The van der Waals surface area contributed by atoms with E-state index in [-0.39, 0.29) is 29.8 Å². The normalized spacial score (nSPS) is 10.5. The molecule has 0 saturated carbocycles. The Morgan fingerprint density at radius 3 is 2.37 bits per heavy atom. The first-order valence-corrected chi connectivity index (χ1v) is 8.00. The maximum Gasteiger partial charge on any atom is 0.323 e. The monoisotopic (exact) mass is 379 g/mol. The molecule has 0 aliphatic heterocycles. The maximum absolute atomic E-state index is 14.5. The van der Waals surface area contributed by atoms with Crippen LogP contribution in [0, 0.1) is 11.6 Å². The summed E-state index contributed by atoms with van der Waals surface area (Å²) in [4.78, 5) is 24.4. The number of amides is 1. The van der Waals surface area contributed by atoms with Crippen molar-refractivity contribution in [3.63, 3.8) is 0 Å². The molecule has 27 heavy (non-hydrogen) atoms. The SMILES string of the molecule is COCCN(CC(=O)O)C(=O)c1ccc(-c2ccc(OC)cc2F)cc1F. The molecular weight excluding hydrogens is 360 g/mol. The van der Waals surface area contributed by atoms with E-state index in [1.54, 1.807) is 0 Å². The summed E-state index contributed by atoms with van der Waals surface area (Å²) >= 11 is 0. The van der Waals surface area contributed by atoms with E-state index in [4.69, 9.17) is 14.6 Å². The number of ether oxygens (including phenoxy) is 2. The second-order valence-corrected chi connectivity index (χ2v) is 5.65. The Labute approximate surface area is 154 Å². The van der Waals surface area contributed by atoms with Crippen molar-refractivity contribution in [1.82, 2.24) is 4.90 Å². The largest absolute Gasteiger partial charge is 0.497 e. The molecule has 144 valence electrons. The summed E-state index contributed by atoms with van der Waals surface area (Å²) in [5, 5.41) is 8.93. The van der Waals surface area contributed by atoms with E-state index in [2.05, 4.69) is 0 Å². The Kier molecular flexibility index (Phi) is 6.84. The van der Waals surface area contributed by atoms with Crippen LogP contribution >= 0.6 is 0 Å². The van der Waals surface area contributed by atoms with Crippen molar-refractivity contribution in [3.8, 4) is 16.9 Å². The fraction of sp³-hybridized carbons (Fsp3) is 0.263. The molecule has 2 rings (SSSR count). The molecule has 1 N–H and O–H groups in total. The van der Waals surface area contributed by atoms with Crippen molar-refractivity contribution in [2.75, 3.05) is 33.9 Å². The van der Waals surface area contributed by atoms with Crippen molar-refractivity contribution in [2.24, 2.45) is 0 Å². The van der Waals surface area contributed by atoms with E-state index in [9.17, 15) is 18.4 Å². The Morgan fingerprint density at radius 1 is 1.07 bits per heavy atom. The van der Waals surface area contributed by atoms with Gasteiger partial charge in [0.2, 0.25) is 0 Å². The summed E-state index contributed by atoms with van der Waals surface area (Å²) in [5.74, 6) is -3.16. The second kappa shape index (κ2) is 9.09. The zero-order valence-electron chi connectivity index (χ0n) is 14.9. The number of carbonyl (C=O) groups is 2. The van der Waals surface area contributed by atoms with Crippen LogP contribution in [-0.2, 0) is 9.53 Å². The molecule has 0 atom stereocenters. The van der Waals surface area contributed by atoms with E-state index in [0.29, 0.717) is 5.75 Å². The number of benzene rings is 2. The summed E-state index contributed by atoms with van der Waals surface area (Å²) in [6.07, 6.45) is 0. The predicted molar refractivity (Wildman–Crippen MR) is 93.8 cm³/mol. The molecule has 0 bridgehead atoms. The van der Waals surface area contributed by atoms with Crippen LogP contribution in [0.5, 0.6) is 5.75 Å². The van der Waals surface area contributed by atoms with Crippen LogP contribution in [0.4, 0.5) is 8.78 Å². The molecule has 0 aliphatic carbocycles. The van der Waals surface area contributed by atoms with Crippen LogP contribution in [0.1, 0.15) is 10.4 Å². The number of nitrogens with zero attached hydrogens (tertiary/aromatic N) is 1. The molecule has 0 spiro atoms. The fourth-order valence-corrected chi connectivity index (χ4v) is 2.50. The Morgan fingerprint density at radius 2 is 1.81 bits per heavy atom. The molecular formula is C19H19F2NO5. The van der Waals surface area contributed by atoms with Gasteiger partial charge in [-0.2, -0.15) is 0 Å². The predicted octanol–water partition coefficient (Wildman–Crippen LogP) is 2.81. The van der Waals surface area contributed by atoms with Gasteiger partial charge in [-0.1, -0.05) is 6.07 Å². The van der Waals surface area contributed by atoms with Crippen LogP contribution in [0.15, 0.2) is 36.4 Å². The maximum atomic E-state index is 14.5. The van der Waals surface area contributed by atoms with Crippen LogP contribution in [0.3, 0.4) is 0 Å². The lowest BCUT2D eigenvalue weighted by molar-refractivity contribution is -0.137. The number of carboxylic acid groups (broad SMARTS) is 1.